The summed E-state index contributed by atoms with van der Waals surface area (Å²) >= 11 is 0. The lowest BCUT2D eigenvalue weighted by Gasteiger charge is -1.93. The molecule has 0 bridgehead atoms. The van der Waals surface area contributed by atoms with Crippen molar-refractivity contribution in [2.45, 2.75) is 0 Å². The molecule has 2 N–H and O–H groups in total. The molecular formula is C9H8N3O2. The molecule has 0 saturated carbocycles. The van der Waals surface area contributed by atoms with Crippen molar-refractivity contribution in [2.75, 3.05) is 7.11 Å². The zero-order valence-corrected chi connectivity index (χ0v) is 7.52. The number of benzene rings is 1. The fourth-order valence-electron chi connectivity index (χ4n) is 1.30. The van der Waals surface area contributed by atoms with E-state index < -0.39 is 6.03 Å². The number of carbonyl (C=O) groups is 1. The topological polar surface area (TPSA) is 70.1 Å². The largest absolute Gasteiger partial charge is 0.479 e. The number of hydrogen-bond acceptors (Lipinski definition) is 3. The first-order chi connectivity index (χ1) is 6.74. The Labute approximate surface area is 80.1 Å². The minimum Gasteiger partial charge on any atom is -0.479 e. The molecule has 0 saturated heterocycles. The van der Waals surface area contributed by atoms with Crippen LogP contribution in [0.25, 0.3) is 10.9 Å². The third-order valence-corrected chi connectivity index (χ3v) is 1.89. The lowest BCUT2D eigenvalue weighted by atomic mass is 10.2. The van der Waals surface area contributed by atoms with Crippen LogP contribution < -0.4 is 10.5 Å². The second kappa shape index (κ2) is 3.02. The normalized spacial score (nSPS) is 10.4. The molecule has 71 valence electrons. The highest BCUT2D eigenvalue weighted by Crippen LogP contribution is 2.23. The second-order valence-corrected chi connectivity index (χ2v) is 2.70. The van der Waals surface area contributed by atoms with Crippen molar-refractivity contribution in [1.29, 1.82) is 0 Å². The summed E-state index contributed by atoms with van der Waals surface area (Å²) in [6.45, 7) is 0. The van der Waals surface area contributed by atoms with Gasteiger partial charge < -0.3 is 10.5 Å². The van der Waals surface area contributed by atoms with Crippen molar-refractivity contribution >= 4 is 16.9 Å². The van der Waals surface area contributed by atoms with E-state index in [-0.39, 0.29) is 0 Å². The molecular weight excluding hydrogens is 182 g/mol. The quantitative estimate of drug-likeness (QED) is 0.722. The van der Waals surface area contributed by atoms with E-state index in [2.05, 4.69) is 11.2 Å². The average Bonchev–Trinajstić information content (AvgIpc) is 2.56. The zero-order valence-electron chi connectivity index (χ0n) is 7.52. The molecule has 0 fully saturated rings. The molecule has 2 rings (SSSR count). The van der Waals surface area contributed by atoms with Gasteiger partial charge in [0.2, 0.25) is 5.88 Å². The van der Waals surface area contributed by atoms with Crippen LogP contribution in [0.1, 0.15) is 0 Å². The minimum atomic E-state index is -0.641. The fraction of sp³-hybridized carbons (Fsp3) is 0.111. The van der Waals surface area contributed by atoms with Crippen LogP contribution >= 0.6 is 0 Å². The number of aromatic nitrogens is 2. The highest BCUT2D eigenvalue weighted by molar-refractivity contribution is 5.92. The fourth-order valence-corrected chi connectivity index (χ4v) is 1.30. The molecule has 5 nitrogen and oxygen atoms in total. The molecule has 2 aromatic rings. The van der Waals surface area contributed by atoms with Gasteiger partial charge in [0.15, 0.2) is 0 Å². The van der Waals surface area contributed by atoms with Gasteiger partial charge in [0.05, 0.1) is 18.0 Å². The van der Waals surface area contributed by atoms with E-state index in [1.807, 2.05) is 0 Å². The molecule has 5 heteroatoms. The molecule has 1 aromatic heterocycles. The van der Waals surface area contributed by atoms with Gasteiger partial charge in [-0.2, -0.15) is 4.68 Å². The SMILES string of the molecule is COc1nn(C(N)=O)c2c[c]ccc12. The van der Waals surface area contributed by atoms with E-state index in [0.29, 0.717) is 11.4 Å². The number of rotatable bonds is 1. The molecule has 1 aromatic carbocycles. The van der Waals surface area contributed by atoms with E-state index in [1.54, 1.807) is 18.2 Å². The maximum Gasteiger partial charge on any atom is 0.340 e. The summed E-state index contributed by atoms with van der Waals surface area (Å²) in [4.78, 5) is 11.0. The molecule has 0 aliphatic carbocycles. The van der Waals surface area contributed by atoms with Crippen molar-refractivity contribution in [3.63, 3.8) is 0 Å². The summed E-state index contributed by atoms with van der Waals surface area (Å²) in [6, 6.07) is 7.32. The number of carbonyl (C=O) groups excluding carboxylic acids is 1. The number of hydrogen-bond donors (Lipinski definition) is 1. The Morgan fingerprint density at radius 3 is 3.14 bits per heavy atom. The minimum absolute atomic E-state index is 0.382. The first kappa shape index (κ1) is 8.55. The first-order valence-electron chi connectivity index (χ1n) is 3.96. The number of methoxy groups -OCH3 is 1. The molecule has 1 radical (unpaired) electrons. The smallest absolute Gasteiger partial charge is 0.340 e. The van der Waals surface area contributed by atoms with Gasteiger partial charge in [0, 0.05) is 0 Å². The molecule has 1 heterocycles. The van der Waals surface area contributed by atoms with Gasteiger partial charge in [-0.05, 0) is 18.2 Å². The molecule has 0 aliphatic rings. The maximum absolute atomic E-state index is 11.0. The average molecular weight is 190 g/mol. The molecule has 14 heavy (non-hydrogen) atoms. The van der Waals surface area contributed by atoms with Gasteiger partial charge >= 0.3 is 6.03 Å². The number of ether oxygens (including phenoxy) is 1. The molecule has 0 atom stereocenters. The van der Waals surface area contributed by atoms with Crippen LogP contribution in [0.2, 0.25) is 0 Å². The number of fused-ring (bicyclic) bond motifs is 1. The van der Waals surface area contributed by atoms with E-state index in [9.17, 15) is 4.79 Å². The van der Waals surface area contributed by atoms with Gasteiger partial charge in [-0.3, -0.25) is 0 Å². The van der Waals surface area contributed by atoms with Gasteiger partial charge in [-0.1, -0.05) is 6.07 Å². The van der Waals surface area contributed by atoms with Gasteiger partial charge in [-0.15, -0.1) is 5.10 Å². The summed E-state index contributed by atoms with van der Waals surface area (Å²) in [7, 11) is 1.49. The van der Waals surface area contributed by atoms with Crippen LogP contribution in [0, 0.1) is 6.07 Å². The molecule has 1 amide bonds. The van der Waals surface area contributed by atoms with Gasteiger partial charge in [-0.25, -0.2) is 4.79 Å². The summed E-state index contributed by atoms with van der Waals surface area (Å²) in [5.41, 5.74) is 5.73. The third kappa shape index (κ3) is 1.10. The number of amides is 1. The number of nitrogens with zero attached hydrogens (tertiary/aromatic N) is 2. The standard InChI is InChI=1S/C9H8N3O2/c1-14-8-6-4-2-3-5-7(6)12(11-8)9(10)13/h2,4-5H,1H3,(H2,10,13). The highest BCUT2D eigenvalue weighted by Gasteiger charge is 2.12. The van der Waals surface area contributed by atoms with Crippen molar-refractivity contribution in [2.24, 2.45) is 5.73 Å². The van der Waals surface area contributed by atoms with Gasteiger partial charge in [0.1, 0.15) is 0 Å². The van der Waals surface area contributed by atoms with Crippen LogP contribution in [0.15, 0.2) is 18.2 Å². The van der Waals surface area contributed by atoms with Crippen LogP contribution in [-0.4, -0.2) is 22.9 Å². The van der Waals surface area contributed by atoms with E-state index >= 15 is 0 Å². The monoisotopic (exact) mass is 190 g/mol. The Kier molecular flexibility index (Phi) is 1.85. The van der Waals surface area contributed by atoms with Crippen LogP contribution in [0.5, 0.6) is 5.88 Å². The Bertz CT molecular complexity index is 490. The molecule has 0 unspecified atom stereocenters. The Morgan fingerprint density at radius 2 is 2.50 bits per heavy atom. The van der Waals surface area contributed by atoms with Crippen molar-refractivity contribution < 1.29 is 9.53 Å². The van der Waals surface area contributed by atoms with Crippen molar-refractivity contribution in [3.8, 4) is 5.88 Å². The van der Waals surface area contributed by atoms with Crippen LogP contribution in [0.3, 0.4) is 0 Å². The Hall–Kier alpha value is -2.04. The highest BCUT2D eigenvalue weighted by atomic mass is 16.5. The van der Waals surface area contributed by atoms with Crippen molar-refractivity contribution in [3.05, 3.63) is 24.3 Å². The van der Waals surface area contributed by atoms with Crippen LogP contribution in [-0.2, 0) is 0 Å². The Morgan fingerprint density at radius 1 is 1.71 bits per heavy atom. The lowest BCUT2D eigenvalue weighted by molar-refractivity contribution is 0.248. The maximum atomic E-state index is 11.0. The molecule has 0 spiro atoms. The predicted molar refractivity (Wildman–Crippen MR) is 50.1 cm³/mol. The van der Waals surface area contributed by atoms with Crippen molar-refractivity contribution in [1.82, 2.24) is 9.78 Å². The summed E-state index contributed by atoms with van der Waals surface area (Å²) in [5, 5.41) is 4.65. The second-order valence-electron chi connectivity index (χ2n) is 2.70. The predicted octanol–water partition coefficient (Wildman–Crippen LogP) is 0.772. The van der Waals surface area contributed by atoms with E-state index in [1.165, 1.54) is 7.11 Å². The van der Waals surface area contributed by atoms with Gasteiger partial charge in [0.25, 0.3) is 0 Å². The molecule has 0 aliphatic heterocycles. The van der Waals surface area contributed by atoms with Crippen LogP contribution in [0.4, 0.5) is 4.79 Å². The Balaban J connectivity index is 2.80. The van der Waals surface area contributed by atoms with E-state index in [0.717, 1.165) is 10.1 Å². The lowest BCUT2D eigenvalue weighted by Crippen LogP contribution is -2.20. The first-order valence-corrected chi connectivity index (χ1v) is 3.96. The third-order valence-electron chi connectivity index (χ3n) is 1.89. The number of primary amides is 1. The van der Waals surface area contributed by atoms with E-state index in [4.69, 9.17) is 10.5 Å². The number of nitrogens with two attached hydrogens (primary N) is 1. The summed E-state index contributed by atoms with van der Waals surface area (Å²) < 4.78 is 6.09. The zero-order chi connectivity index (χ0) is 10.1. The summed E-state index contributed by atoms with van der Waals surface area (Å²) in [6.07, 6.45) is 0. The summed E-state index contributed by atoms with van der Waals surface area (Å²) in [5.74, 6) is 0.382.